The minimum absolute atomic E-state index is 0.0100. The number of nitrogens with zero attached hydrogens (tertiary/aromatic N) is 2. The molecule has 0 fully saturated rings. The van der Waals surface area contributed by atoms with Gasteiger partial charge in [-0.15, -0.1) is 11.3 Å². The molecule has 3 heterocycles. The summed E-state index contributed by atoms with van der Waals surface area (Å²) in [4.78, 5) is 61.2. The summed E-state index contributed by atoms with van der Waals surface area (Å²) in [5, 5.41) is 22.8. The maximum Gasteiger partial charge on any atom is 0.273 e. The molecule has 12 nitrogen and oxygen atoms in total. The fourth-order valence-corrected chi connectivity index (χ4v) is 5.14. The topological polar surface area (TPSA) is 176 Å². The summed E-state index contributed by atoms with van der Waals surface area (Å²) in [5.41, 5.74) is 0.876. The van der Waals surface area contributed by atoms with Gasteiger partial charge in [-0.3, -0.25) is 19.2 Å². The normalized spacial score (nSPS) is 23.2. The van der Waals surface area contributed by atoms with E-state index in [4.69, 9.17) is 4.42 Å². The molecule has 1 aliphatic heterocycles. The molecule has 1 aromatic carbocycles. The van der Waals surface area contributed by atoms with Gasteiger partial charge >= 0.3 is 0 Å². The molecule has 212 valence electrons. The second-order valence-corrected chi connectivity index (χ2v) is 10.6. The largest absolute Gasteiger partial charge is 0.446 e. The number of aliphatic hydroxyl groups is 1. The predicted octanol–water partition coefficient (Wildman–Crippen LogP) is 1.66. The highest BCUT2D eigenvalue weighted by molar-refractivity contribution is 7.09. The highest BCUT2D eigenvalue weighted by Gasteiger charge is 2.31. The van der Waals surface area contributed by atoms with E-state index in [1.165, 1.54) is 17.6 Å². The van der Waals surface area contributed by atoms with Crippen LogP contribution in [0.25, 0.3) is 0 Å². The van der Waals surface area contributed by atoms with Crippen LogP contribution in [0.3, 0.4) is 0 Å². The summed E-state index contributed by atoms with van der Waals surface area (Å²) in [6, 6.07) is 5.42. The number of nitrogens with one attached hydrogen (secondary N) is 4. The lowest BCUT2D eigenvalue weighted by Crippen LogP contribution is -2.55. The van der Waals surface area contributed by atoms with Gasteiger partial charge in [0.05, 0.1) is 12.6 Å². The molecule has 4 rings (SSSR count). The second kappa shape index (κ2) is 12.8. The van der Waals surface area contributed by atoms with Crippen molar-refractivity contribution < 1.29 is 28.7 Å². The van der Waals surface area contributed by atoms with E-state index in [1.54, 1.807) is 12.3 Å². The van der Waals surface area contributed by atoms with Gasteiger partial charge in [0.25, 0.3) is 11.8 Å². The van der Waals surface area contributed by atoms with Gasteiger partial charge in [0.15, 0.2) is 5.69 Å². The van der Waals surface area contributed by atoms with Crippen molar-refractivity contribution in [3.05, 3.63) is 69.8 Å². The quantitative estimate of drug-likeness (QED) is 0.309. The molecule has 1 unspecified atom stereocenters. The van der Waals surface area contributed by atoms with E-state index in [1.807, 2.05) is 44.2 Å². The number of amides is 4. The third-order valence-corrected chi connectivity index (χ3v) is 7.65. The molecule has 0 spiro atoms. The van der Waals surface area contributed by atoms with Gasteiger partial charge < -0.3 is 30.8 Å². The van der Waals surface area contributed by atoms with Crippen molar-refractivity contribution in [2.45, 2.75) is 57.8 Å². The monoisotopic (exact) mass is 568 g/mol. The number of oxazole rings is 1. The lowest BCUT2D eigenvalue weighted by atomic mass is 9.99. The lowest BCUT2D eigenvalue weighted by molar-refractivity contribution is -0.131. The molecule has 13 heteroatoms. The Labute approximate surface area is 235 Å². The number of aromatic nitrogens is 2. The highest BCUT2D eigenvalue weighted by atomic mass is 32.1. The van der Waals surface area contributed by atoms with E-state index in [9.17, 15) is 24.3 Å². The first-order chi connectivity index (χ1) is 19.2. The van der Waals surface area contributed by atoms with E-state index < -0.39 is 54.4 Å². The van der Waals surface area contributed by atoms with E-state index in [0.29, 0.717) is 5.01 Å². The predicted molar refractivity (Wildman–Crippen MR) is 145 cm³/mol. The van der Waals surface area contributed by atoms with Crippen LogP contribution in [0.4, 0.5) is 0 Å². The minimum atomic E-state index is -1.32. The first kappa shape index (κ1) is 28.9. The van der Waals surface area contributed by atoms with Gasteiger partial charge in [-0.2, -0.15) is 0 Å². The van der Waals surface area contributed by atoms with E-state index in [-0.39, 0.29) is 29.6 Å². The van der Waals surface area contributed by atoms with Gasteiger partial charge in [0.2, 0.25) is 17.7 Å². The number of fused-ring (bicyclic) bond motifs is 4. The Bertz CT molecular complexity index is 1360. The summed E-state index contributed by atoms with van der Waals surface area (Å²) in [6.07, 6.45) is 2.05. The van der Waals surface area contributed by atoms with Crippen molar-refractivity contribution in [1.82, 2.24) is 31.2 Å². The standard InChI is InChI=1S/C27H32N6O6S/c1-4-14(2)21-27-32-20(13-40-27)25(38)29-17(10-16-8-6-5-7-9-16)22(35)30-18(11-34)23(36)28-15(3)26-31-19(12-39-26)24(37)33-21/h5-9,12-15,17-18,21,34H,4,10-11H2,1-3H3,(H,28,36)(H,29,38)(H,30,35)(H,33,37)/t14-,15-,17+,18+,21?/m0/s1. The summed E-state index contributed by atoms with van der Waals surface area (Å²) in [5.74, 6) is -2.38. The number of rotatable bonds is 5. The van der Waals surface area contributed by atoms with E-state index in [2.05, 4.69) is 31.2 Å². The number of hydrogen-bond acceptors (Lipinski definition) is 9. The third kappa shape index (κ3) is 6.72. The maximum absolute atomic E-state index is 13.3. The van der Waals surface area contributed by atoms with Crippen molar-refractivity contribution in [3.63, 3.8) is 0 Å². The molecule has 2 aromatic heterocycles. The van der Waals surface area contributed by atoms with Crippen LogP contribution in [0.5, 0.6) is 0 Å². The van der Waals surface area contributed by atoms with Crippen LogP contribution in [0.1, 0.15) is 76.7 Å². The molecule has 1 aliphatic rings. The van der Waals surface area contributed by atoms with Gasteiger partial charge in [-0.05, 0) is 18.4 Å². The number of aliphatic hydroxyl groups excluding tert-OH is 1. The summed E-state index contributed by atoms with van der Waals surface area (Å²) in [6.45, 7) is 4.84. The highest BCUT2D eigenvalue weighted by Crippen LogP contribution is 2.28. The molecule has 5 N–H and O–H groups in total. The maximum atomic E-state index is 13.3. The van der Waals surface area contributed by atoms with Crippen LogP contribution in [0, 0.1) is 5.92 Å². The summed E-state index contributed by atoms with van der Waals surface area (Å²) in [7, 11) is 0. The van der Waals surface area contributed by atoms with Crippen LogP contribution in [-0.4, -0.2) is 57.4 Å². The van der Waals surface area contributed by atoms with E-state index >= 15 is 0 Å². The SMILES string of the molecule is CC[C@H](C)C1NC(=O)c2coc(n2)[C@H](C)NC(=O)[C@@H](CO)NC(=O)[C@@H](Cc2ccccc2)NC(=O)c2csc1n2. The Morgan fingerprint density at radius 1 is 0.950 bits per heavy atom. The zero-order valence-corrected chi connectivity index (χ0v) is 23.2. The van der Waals surface area contributed by atoms with Crippen molar-refractivity contribution in [1.29, 1.82) is 0 Å². The Morgan fingerprint density at radius 2 is 1.65 bits per heavy atom. The molecule has 0 saturated carbocycles. The Morgan fingerprint density at radius 3 is 2.35 bits per heavy atom. The number of carbonyl (C=O) groups is 4. The molecule has 3 aromatic rings. The number of benzene rings is 1. The molecule has 0 saturated heterocycles. The molecular weight excluding hydrogens is 536 g/mol. The smallest absolute Gasteiger partial charge is 0.273 e. The Kier molecular flexibility index (Phi) is 9.27. The molecule has 0 aliphatic carbocycles. The molecule has 0 radical (unpaired) electrons. The fraction of sp³-hybridized carbons (Fsp3) is 0.407. The minimum Gasteiger partial charge on any atom is -0.446 e. The van der Waals surface area contributed by atoms with Crippen molar-refractivity contribution in [3.8, 4) is 0 Å². The zero-order valence-electron chi connectivity index (χ0n) is 22.3. The third-order valence-electron chi connectivity index (χ3n) is 6.72. The molecule has 4 amide bonds. The molecule has 5 atom stereocenters. The van der Waals surface area contributed by atoms with Crippen molar-refractivity contribution in [2.75, 3.05) is 6.61 Å². The van der Waals surface area contributed by atoms with Crippen LogP contribution >= 0.6 is 11.3 Å². The number of thiazole rings is 1. The van der Waals surface area contributed by atoms with Gasteiger partial charge in [0.1, 0.15) is 35.1 Å². The van der Waals surface area contributed by atoms with Crippen molar-refractivity contribution >= 4 is 35.0 Å². The second-order valence-electron chi connectivity index (χ2n) is 9.67. The van der Waals surface area contributed by atoms with Gasteiger partial charge in [-0.25, -0.2) is 9.97 Å². The Balaban J connectivity index is 1.71. The molecule has 4 bridgehead atoms. The number of hydrogen-bond donors (Lipinski definition) is 5. The van der Waals surface area contributed by atoms with Crippen LogP contribution in [0.15, 0.2) is 46.4 Å². The van der Waals surface area contributed by atoms with Crippen molar-refractivity contribution in [2.24, 2.45) is 5.92 Å². The van der Waals surface area contributed by atoms with Gasteiger partial charge in [-0.1, -0.05) is 50.6 Å². The van der Waals surface area contributed by atoms with Gasteiger partial charge in [0, 0.05) is 11.8 Å². The van der Waals surface area contributed by atoms with E-state index in [0.717, 1.165) is 12.0 Å². The zero-order chi connectivity index (χ0) is 28.8. The Hall–Kier alpha value is -4.10. The summed E-state index contributed by atoms with van der Waals surface area (Å²) >= 11 is 1.22. The van der Waals surface area contributed by atoms with Crippen LogP contribution < -0.4 is 21.3 Å². The van der Waals surface area contributed by atoms with Crippen LogP contribution in [0.2, 0.25) is 0 Å². The molecule has 40 heavy (non-hydrogen) atoms. The lowest BCUT2D eigenvalue weighted by Gasteiger charge is -2.23. The average molecular weight is 569 g/mol. The average Bonchev–Trinajstić information content (AvgIpc) is 3.64. The first-order valence-electron chi connectivity index (χ1n) is 13.0. The first-order valence-corrected chi connectivity index (χ1v) is 13.9. The molecular formula is C27H32N6O6S. The summed E-state index contributed by atoms with van der Waals surface area (Å²) < 4.78 is 5.45. The fourth-order valence-electron chi connectivity index (χ4n) is 4.16. The number of carbonyl (C=O) groups excluding carboxylic acids is 4. The van der Waals surface area contributed by atoms with Crippen LogP contribution in [-0.2, 0) is 16.0 Å².